The van der Waals surface area contributed by atoms with Gasteiger partial charge in [0.2, 0.25) is 5.91 Å². The number of rotatable bonds is 5. The van der Waals surface area contributed by atoms with Crippen molar-refractivity contribution in [3.8, 4) is 6.07 Å². The molecule has 1 heterocycles. The largest absolute Gasteiger partial charge is 0.396 e. The van der Waals surface area contributed by atoms with Gasteiger partial charge < -0.3 is 10.6 Å². The van der Waals surface area contributed by atoms with E-state index in [0.29, 0.717) is 24.7 Å². The molecule has 17 heavy (non-hydrogen) atoms. The molecular formula is C11H15N5O. The SMILES string of the molecule is N#CCCN(C(=O)Cn1cc(N)cn1)C1CC1. The fourth-order valence-corrected chi connectivity index (χ4v) is 1.76. The fourth-order valence-electron chi connectivity index (χ4n) is 1.76. The molecule has 0 aromatic carbocycles. The number of aromatic nitrogens is 2. The van der Waals surface area contributed by atoms with E-state index < -0.39 is 0 Å². The molecule has 1 aliphatic rings. The van der Waals surface area contributed by atoms with Crippen molar-refractivity contribution in [3.63, 3.8) is 0 Å². The summed E-state index contributed by atoms with van der Waals surface area (Å²) in [5.74, 6) is 0.00542. The number of carbonyl (C=O) groups excluding carboxylic acids is 1. The second-order valence-corrected chi connectivity index (χ2v) is 4.20. The molecule has 1 saturated carbocycles. The summed E-state index contributed by atoms with van der Waals surface area (Å²) in [5.41, 5.74) is 6.08. The average Bonchev–Trinajstić information content (AvgIpc) is 3.04. The Morgan fingerprint density at radius 3 is 3.00 bits per heavy atom. The Hall–Kier alpha value is -2.03. The van der Waals surface area contributed by atoms with Gasteiger partial charge in [0.25, 0.3) is 0 Å². The number of nitrogens with two attached hydrogens (primary N) is 1. The van der Waals surface area contributed by atoms with Crippen molar-refractivity contribution < 1.29 is 4.79 Å². The molecule has 90 valence electrons. The lowest BCUT2D eigenvalue weighted by Crippen LogP contribution is -2.36. The van der Waals surface area contributed by atoms with Crippen LogP contribution in [0.2, 0.25) is 0 Å². The van der Waals surface area contributed by atoms with Crippen LogP contribution in [0.3, 0.4) is 0 Å². The first kappa shape index (κ1) is 11.5. The first-order valence-electron chi connectivity index (χ1n) is 5.65. The van der Waals surface area contributed by atoms with Gasteiger partial charge in [0.15, 0.2) is 0 Å². The van der Waals surface area contributed by atoms with Crippen molar-refractivity contribution in [1.29, 1.82) is 5.26 Å². The number of hydrogen-bond donors (Lipinski definition) is 1. The van der Waals surface area contributed by atoms with Crippen LogP contribution < -0.4 is 5.73 Å². The van der Waals surface area contributed by atoms with E-state index in [1.165, 1.54) is 10.9 Å². The van der Waals surface area contributed by atoms with E-state index in [1.54, 1.807) is 11.1 Å². The summed E-state index contributed by atoms with van der Waals surface area (Å²) in [6, 6.07) is 2.39. The van der Waals surface area contributed by atoms with Gasteiger partial charge in [-0.2, -0.15) is 10.4 Å². The molecule has 1 fully saturated rings. The van der Waals surface area contributed by atoms with Crippen molar-refractivity contribution in [2.45, 2.75) is 31.8 Å². The third-order valence-corrected chi connectivity index (χ3v) is 2.72. The van der Waals surface area contributed by atoms with Crippen LogP contribution in [0.25, 0.3) is 0 Å². The lowest BCUT2D eigenvalue weighted by atomic mass is 10.3. The Morgan fingerprint density at radius 2 is 2.47 bits per heavy atom. The third kappa shape index (κ3) is 2.97. The number of carbonyl (C=O) groups is 1. The van der Waals surface area contributed by atoms with Crippen LogP contribution in [0.5, 0.6) is 0 Å². The molecule has 0 radical (unpaired) electrons. The van der Waals surface area contributed by atoms with Crippen molar-refractivity contribution >= 4 is 11.6 Å². The zero-order valence-corrected chi connectivity index (χ0v) is 9.54. The molecule has 0 atom stereocenters. The summed E-state index contributed by atoms with van der Waals surface area (Å²) >= 11 is 0. The van der Waals surface area contributed by atoms with Crippen molar-refractivity contribution in [3.05, 3.63) is 12.4 Å². The van der Waals surface area contributed by atoms with Crippen molar-refractivity contribution in [2.24, 2.45) is 0 Å². The van der Waals surface area contributed by atoms with Gasteiger partial charge in [-0.05, 0) is 12.8 Å². The second-order valence-electron chi connectivity index (χ2n) is 4.20. The van der Waals surface area contributed by atoms with E-state index in [0.717, 1.165) is 12.8 Å². The number of amides is 1. The first-order valence-corrected chi connectivity index (χ1v) is 5.65. The average molecular weight is 233 g/mol. The van der Waals surface area contributed by atoms with Crippen molar-refractivity contribution in [1.82, 2.24) is 14.7 Å². The number of nitrogen functional groups attached to an aromatic ring is 1. The number of nitrogens with zero attached hydrogens (tertiary/aromatic N) is 4. The summed E-state index contributed by atoms with van der Waals surface area (Å²) in [6.45, 7) is 0.704. The molecule has 1 aromatic heterocycles. The summed E-state index contributed by atoms with van der Waals surface area (Å²) in [4.78, 5) is 13.8. The fraction of sp³-hybridized carbons (Fsp3) is 0.545. The molecule has 0 aliphatic heterocycles. The van der Waals surface area contributed by atoms with E-state index in [1.807, 2.05) is 0 Å². The summed E-state index contributed by atoms with van der Waals surface area (Å²) in [7, 11) is 0. The van der Waals surface area contributed by atoms with Gasteiger partial charge in [0.1, 0.15) is 6.54 Å². The summed E-state index contributed by atoms with van der Waals surface area (Å²) < 4.78 is 1.53. The normalized spacial score (nSPS) is 14.3. The molecule has 0 unspecified atom stereocenters. The second kappa shape index (κ2) is 4.87. The minimum Gasteiger partial charge on any atom is -0.396 e. The molecule has 6 heteroatoms. The zero-order valence-electron chi connectivity index (χ0n) is 9.54. The molecule has 0 saturated heterocycles. The zero-order chi connectivity index (χ0) is 12.3. The van der Waals surface area contributed by atoms with Crippen LogP contribution in [0, 0.1) is 11.3 Å². The van der Waals surface area contributed by atoms with E-state index >= 15 is 0 Å². The standard InChI is InChI=1S/C11H15N5O/c12-4-1-5-16(10-2-3-10)11(17)8-15-7-9(13)6-14-15/h6-7,10H,1-3,5,8,13H2. The molecular weight excluding hydrogens is 218 g/mol. The lowest BCUT2D eigenvalue weighted by molar-refractivity contribution is -0.132. The van der Waals surface area contributed by atoms with Gasteiger partial charge >= 0.3 is 0 Å². The monoisotopic (exact) mass is 233 g/mol. The molecule has 1 amide bonds. The van der Waals surface area contributed by atoms with Crippen LogP contribution in [0.4, 0.5) is 5.69 Å². The predicted molar refractivity (Wildman–Crippen MR) is 61.6 cm³/mol. The highest BCUT2D eigenvalue weighted by Crippen LogP contribution is 2.27. The molecule has 0 bridgehead atoms. The minimum absolute atomic E-state index is 0.00542. The van der Waals surface area contributed by atoms with Crippen LogP contribution in [-0.4, -0.2) is 33.2 Å². The van der Waals surface area contributed by atoms with E-state index in [-0.39, 0.29) is 12.5 Å². The van der Waals surface area contributed by atoms with Crippen molar-refractivity contribution in [2.75, 3.05) is 12.3 Å². The Labute approximate surface area is 99.6 Å². The van der Waals surface area contributed by atoms with E-state index in [9.17, 15) is 4.79 Å². The number of hydrogen-bond acceptors (Lipinski definition) is 4. The molecule has 0 spiro atoms. The van der Waals surface area contributed by atoms with Gasteiger partial charge in [-0.1, -0.05) is 0 Å². The highest BCUT2D eigenvalue weighted by molar-refractivity contribution is 5.76. The van der Waals surface area contributed by atoms with Gasteiger partial charge in [0, 0.05) is 18.8 Å². The van der Waals surface area contributed by atoms with Gasteiger partial charge in [-0.15, -0.1) is 0 Å². The Kier molecular flexibility index (Phi) is 3.28. The molecule has 2 N–H and O–H groups in total. The smallest absolute Gasteiger partial charge is 0.244 e. The molecule has 6 nitrogen and oxygen atoms in total. The quantitative estimate of drug-likeness (QED) is 0.795. The summed E-state index contributed by atoms with van der Waals surface area (Å²) in [5, 5.41) is 12.5. The topological polar surface area (TPSA) is 87.9 Å². The minimum atomic E-state index is 0.00542. The maximum atomic E-state index is 12.0. The Balaban J connectivity index is 1.94. The molecule has 2 rings (SSSR count). The van der Waals surface area contributed by atoms with E-state index in [2.05, 4.69) is 11.2 Å². The van der Waals surface area contributed by atoms with Gasteiger partial charge in [-0.3, -0.25) is 9.48 Å². The maximum Gasteiger partial charge on any atom is 0.244 e. The Bertz CT molecular complexity index is 443. The third-order valence-electron chi connectivity index (χ3n) is 2.72. The highest BCUT2D eigenvalue weighted by atomic mass is 16.2. The maximum absolute atomic E-state index is 12.0. The van der Waals surface area contributed by atoms with Crippen LogP contribution in [0.15, 0.2) is 12.4 Å². The Morgan fingerprint density at radius 1 is 1.71 bits per heavy atom. The highest BCUT2D eigenvalue weighted by Gasteiger charge is 2.32. The van der Waals surface area contributed by atoms with Gasteiger partial charge in [-0.25, -0.2) is 0 Å². The number of nitriles is 1. The van der Waals surface area contributed by atoms with Crippen LogP contribution >= 0.6 is 0 Å². The van der Waals surface area contributed by atoms with Crippen LogP contribution in [-0.2, 0) is 11.3 Å². The summed E-state index contributed by atoms with van der Waals surface area (Å²) in [6.07, 6.45) is 5.61. The van der Waals surface area contributed by atoms with Gasteiger partial charge in [0.05, 0.1) is 24.4 Å². The van der Waals surface area contributed by atoms with E-state index in [4.69, 9.17) is 11.0 Å². The molecule has 1 aromatic rings. The molecule has 1 aliphatic carbocycles. The first-order chi connectivity index (χ1) is 8.20. The lowest BCUT2D eigenvalue weighted by Gasteiger charge is -2.20. The van der Waals surface area contributed by atoms with Crippen LogP contribution in [0.1, 0.15) is 19.3 Å². The predicted octanol–water partition coefficient (Wildman–Crippen LogP) is 0.370. The number of anilines is 1.